The second kappa shape index (κ2) is 6.95. The summed E-state index contributed by atoms with van der Waals surface area (Å²) in [6, 6.07) is 6.62. The summed E-state index contributed by atoms with van der Waals surface area (Å²) in [6.45, 7) is 0.309. The number of nitrogens with zero attached hydrogens (tertiary/aromatic N) is 1. The molecule has 2 rings (SSSR count). The first-order chi connectivity index (χ1) is 10.1. The Morgan fingerprint density at radius 3 is 2.86 bits per heavy atom. The normalized spacial score (nSPS) is 10.2. The van der Waals surface area contributed by atoms with Crippen LogP contribution in [-0.2, 0) is 6.42 Å². The van der Waals surface area contributed by atoms with Crippen LogP contribution in [0.1, 0.15) is 15.9 Å². The van der Waals surface area contributed by atoms with Crippen LogP contribution in [-0.4, -0.2) is 29.8 Å². The summed E-state index contributed by atoms with van der Waals surface area (Å²) in [4.78, 5) is 15.3. The molecule has 0 atom stereocenters. The number of ether oxygens (including phenoxy) is 2. The minimum absolute atomic E-state index is 0.0227. The van der Waals surface area contributed by atoms with Gasteiger partial charge in [0.1, 0.15) is 5.56 Å². The van der Waals surface area contributed by atoms with Gasteiger partial charge in [0.2, 0.25) is 0 Å². The monoisotopic (exact) mass is 307 g/mol. The first-order valence-electron chi connectivity index (χ1n) is 6.24. The van der Waals surface area contributed by atoms with Gasteiger partial charge in [0.15, 0.2) is 11.5 Å². The van der Waals surface area contributed by atoms with E-state index in [9.17, 15) is 9.90 Å². The van der Waals surface area contributed by atoms with Crippen molar-refractivity contribution in [2.45, 2.75) is 6.42 Å². The molecule has 1 heterocycles. The Morgan fingerprint density at radius 2 is 2.24 bits per heavy atom. The number of hydrogen-bond donors (Lipinski definition) is 1. The van der Waals surface area contributed by atoms with Crippen molar-refractivity contribution in [1.29, 1.82) is 0 Å². The summed E-state index contributed by atoms with van der Waals surface area (Å²) >= 11 is 5.87. The average Bonchev–Trinajstić information content (AvgIpc) is 2.49. The van der Waals surface area contributed by atoms with Gasteiger partial charge in [-0.15, -0.1) is 0 Å². The molecule has 2 aromatic rings. The standard InChI is InChI=1S/C15H14ClNO4/c1-20-13-8-11(16)7-12(15(18)19)14(13)21-6-4-10-3-2-5-17-9-10/h2-3,5,7-9H,4,6H2,1H3,(H,18,19). The second-order valence-electron chi connectivity index (χ2n) is 4.25. The van der Waals surface area contributed by atoms with Gasteiger partial charge in [-0.2, -0.15) is 0 Å². The zero-order chi connectivity index (χ0) is 15.2. The third kappa shape index (κ3) is 3.86. The number of methoxy groups -OCH3 is 1. The van der Waals surface area contributed by atoms with Crippen LogP contribution in [0.2, 0.25) is 5.02 Å². The van der Waals surface area contributed by atoms with Crippen LogP contribution in [0.3, 0.4) is 0 Å². The Morgan fingerprint density at radius 1 is 1.43 bits per heavy atom. The van der Waals surface area contributed by atoms with E-state index in [1.54, 1.807) is 12.4 Å². The number of rotatable bonds is 6. The largest absolute Gasteiger partial charge is 0.493 e. The Kier molecular flexibility index (Phi) is 5.00. The van der Waals surface area contributed by atoms with E-state index in [1.165, 1.54) is 19.2 Å². The van der Waals surface area contributed by atoms with Gasteiger partial charge in [0, 0.05) is 29.9 Å². The van der Waals surface area contributed by atoms with E-state index >= 15 is 0 Å². The van der Waals surface area contributed by atoms with Gasteiger partial charge in [-0.05, 0) is 17.7 Å². The van der Waals surface area contributed by atoms with E-state index < -0.39 is 5.97 Å². The summed E-state index contributed by atoms with van der Waals surface area (Å²) < 4.78 is 10.7. The van der Waals surface area contributed by atoms with Crippen molar-refractivity contribution >= 4 is 17.6 Å². The number of pyridine rings is 1. The highest BCUT2D eigenvalue weighted by Gasteiger charge is 2.18. The van der Waals surface area contributed by atoms with E-state index in [4.69, 9.17) is 21.1 Å². The molecule has 0 radical (unpaired) electrons. The number of benzene rings is 1. The molecule has 0 saturated heterocycles. The molecule has 0 amide bonds. The number of aromatic nitrogens is 1. The average molecular weight is 308 g/mol. The first kappa shape index (κ1) is 15.1. The lowest BCUT2D eigenvalue weighted by atomic mass is 10.2. The van der Waals surface area contributed by atoms with Crippen molar-refractivity contribution in [1.82, 2.24) is 4.98 Å². The van der Waals surface area contributed by atoms with Crippen LogP contribution in [0, 0.1) is 0 Å². The van der Waals surface area contributed by atoms with E-state index in [-0.39, 0.29) is 16.3 Å². The van der Waals surface area contributed by atoms with Crippen LogP contribution < -0.4 is 9.47 Å². The Hall–Kier alpha value is -2.27. The molecule has 0 aliphatic carbocycles. The van der Waals surface area contributed by atoms with Gasteiger partial charge in [0.25, 0.3) is 0 Å². The first-order valence-corrected chi connectivity index (χ1v) is 6.62. The fourth-order valence-corrected chi connectivity index (χ4v) is 2.05. The maximum atomic E-state index is 11.3. The van der Waals surface area contributed by atoms with Gasteiger partial charge in [-0.25, -0.2) is 4.79 Å². The zero-order valence-corrected chi connectivity index (χ0v) is 12.1. The third-order valence-corrected chi connectivity index (χ3v) is 3.05. The summed E-state index contributed by atoms with van der Waals surface area (Å²) in [5, 5.41) is 9.50. The van der Waals surface area contributed by atoms with Crippen molar-refractivity contribution < 1.29 is 19.4 Å². The van der Waals surface area contributed by atoms with Crippen LogP contribution in [0.4, 0.5) is 0 Å². The summed E-state index contributed by atoms with van der Waals surface area (Å²) in [5.41, 5.74) is 0.979. The minimum atomic E-state index is -1.12. The predicted molar refractivity (Wildman–Crippen MR) is 78.4 cm³/mol. The SMILES string of the molecule is COc1cc(Cl)cc(C(=O)O)c1OCCc1cccnc1. The topological polar surface area (TPSA) is 68.7 Å². The quantitative estimate of drug-likeness (QED) is 0.888. The predicted octanol–water partition coefficient (Wildman–Crippen LogP) is 3.06. The minimum Gasteiger partial charge on any atom is -0.493 e. The Bertz CT molecular complexity index is 631. The summed E-state index contributed by atoms with van der Waals surface area (Å²) in [5.74, 6) is -0.642. The fraction of sp³-hybridized carbons (Fsp3) is 0.200. The molecule has 0 unspecified atom stereocenters. The number of carbonyl (C=O) groups is 1. The van der Waals surface area contributed by atoms with E-state index in [2.05, 4.69) is 4.98 Å². The van der Waals surface area contributed by atoms with Crippen LogP contribution >= 0.6 is 11.6 Å². The molecule has 0 bridgehead atoms. The number of carboxylic acid groups (broad SMARTS) is 1. The molecule has 1 N–H and O–H groups in total. The number of hydrogen-bond acceptors (Lipinski definition) is 4. The van der Waals surface area contributed by atoms with Gasteiger partial charge in [0.05, 0.1) is 13.7 Å². The highest BCUT2D eigenvalue weighted by Crippen LogP contribution is 2.34. The van der Waals surface area contributed by atoms with Gasteiger partial charge in [-0.3, -0.25) is 4.98 Å². The molecule has 0 aliphatic rings. The number of aromatic carboxylic acids is 1. The van der Waals surface area contributed by atoms with Gasteiger partial charge >= 0.3 is 5.97 Å². The fourth-order valence-electron chi connectivity index (χ4n) is 1.84. The number of halogens is 1. The Balaban J connectivity index is 2.16. The molecule has 0 fully saturated rings. The lowest BCUT2D eigenvalue weighted by Gasteiger charge is -2.13. The van der Waals surface area contributed by atoms with Crippen molar-refractivity contribution in [3.63, 3.8) is 0 Å². The van der Waals surface area contributed by atoms with Crippen molar-refractivity contribution in [3.05, 3.63) is 52.8 Å². The van der Waals surface area contributed by atoms with Crippen LogP contribution in [0.5, 0.6) is 11.5 Å². The smallest absolute Gasteiger partial charge is 0.339 e. The maximum absolute atomic E-state index is 11.3. The molecule has 110 valence electrons. The Labute approximate surface area is 127 Å². The van der Waals surface area contributed by atoms with E-state index in [0.717, 1.165) is 5.56 Å². The van der Waals surface area contributed by atoms with Crippen LogP contribution in [0.15, 0.2) is 36.7 Å². The lowest BCUT2D eigenvalue weighted by molar-refractivity contribution is 0.0691. The van der Waals surface area contributed by atoms with Crippen molar-refractivity contribution in [2.75, 3.05) is 13.7 Å². The number of carboxylic acids is 1. The summed E-state index contributed by atoms with van der Waals surface area (Å²) in [6.07, 6.45) is 4.04. The molecule has 6 heteroatoms. The van der Waals surface area contributed by atoms with Crippen LogP contribution in [0.25, 0.3) is 0 Å². The highest BCUT2D eigenvalue weighted by molar-refractivity contribution is 6.31. The molecule has 21 heavy (non-hydrogen) atoms. The second-order valence-corrected chi connectivity index (χ2v) is 4.69. The molecule has 1 aromatic heterocycles. The van der Waals surface area contributed by atoms with Gasteiger partial charge in [-0.1, -0.05) is 17.7 Å². The molecule has 0 saturated carbocycles. The highest BCUT2D eigenvalue weighted by atomic mass is 35.5. The maximum Gasteiger partial charge on any atom is 0.339 e. The molecule has 0 spiro atoms. The van der Waals surface area contributed by atoms with E-state index in [0.29, 0.717) is 18.8 Å². The molecular formula is C15H14ClNO4. The summed E-state index contributed by atoms with van der Waals surface area (Å²) in [7, 11) is 1.44. The zero-order valence-electron chi connectivity index (χ0n) is 11.4. The van der Waals surface area contributed by atoms with Gasteiger partial charge < -0.3 is 14.6 Å². The molecule has 1 aromatic carbocycles. The molecule has 0 aliphatic heterocycles. The lowest BCUT2D eigenvalue weighted by Crippen LogP contribution is -2.08. The van der Waals surface area contributed by atoms with Crippen molar-refractivity contribution in [2.24, 2.45) is 0 Å². The molecular weight excluding hydrogens is 294 g/mol. The van der Waals surface area contributed by atoms with E-state index in [1.807, 2.05) is 12.1 Å². The third-order valence-electron chi connectivity index (χ3n) is 2.83. The van der Waals surface area contributed by atoms with Crippen molar-refractivity contribution in [3.8, 4) is 11.5 Å². The molecule has 5 nitrogen and oxygen atoms in total.